The predicted octanol–water partition coefficient (Wildman–Crippen LogP) is 6.05. The molecule has 1 rings (SSSR count). The van der Waals surface area contributed by atoms with E-state index in [2.05, 4.69) is 22.9 Å². The zero-order valence-electron chi connectivity index (χ0n) is 11.2. The molecule has 0 saturated carbocycles. The molecule has 0 heterocycles. The number of rotatable bonds is 9. The monoisotopic (exact) mass is 310 g/mol. The Morgan fingerprint density at radius 3 is 2.39 bits per heavy atom. The lowest BCUT2D eigenvalue weighted by atomic mass is 10.1. The van der Waals surface area contributed by atoms with Crippen molar-refractivity contribution >= 4 is 15.9 Å². The highest BCUT2D eigenvalue weighted by Gasteiger charge is 2.00. The molecule has 0 saturated heterocycles. The summed E-state index contributed by atoms with van der Waals surface area (Å²) in [6.07, 6.45) is 8.88. The van der Waals surface area contributed by atoms with Crippen LogP contribution in [0.15, 0.2) is 41.1 Å². The van der Waals surface area contributed by atoms with Crippen LogP contribution < -0.4 is 4.74 Å². The van der Waals surface area contributed by atoms with Crippen molar-refractivity contribution in [2.45, 2.75) is 51.9 Å². The third-order valence-corrected chi connectivity index (χ3v) is 3.40. The van der Waals surface area contributed by atoms with Gasteiger partial charge in [0.2, 0.25) is 0 Å². The van der Waals surface area contributed by atoms with E-state index >= 15 is 0 Å². The summed E-state index contributed by atoms with van der Waals surface area (Å²) in [7, 11) is 0. The molecule has 1 aromatic rings. The van der Waals surface area contributed by atoms with E-state index < -0.39 is 0 Å². The Balaban J connectivity index is 2.19. The number of ether oxygens (including phenoxy) is 1. The van der Waals surface area contributed by atoms with Crippen molar-refractivity contribution in [1.29, 1.82) is 0 Å². The summed E-state index contributed by atoms with van der Waals surface area (Å²) in [5.74, 6) is 1.92. The average molecular weight is 311 g/mol. The molecular formula is C16H23BrO. The third kappa shape index (κ3) is 6.85. The van der Waals surface area contributed by atoms with Crippen molar-refractivity contribution in [1.82, 2.24) is 0 Å². The molecule has 0 fully saturated rings. The van der Waals surface area contributed by atoms with Crippen LogP contribution in [-0.4, -0.2) is 0 Å². The fourth-order valence-electron chi connectivity index (χ4n) is 1.85. The lowest BCUT2D eigenvalue weighted by molar-refractivity contribution is 0.397. The van der Waals surface area contributed by atoms with E-state index in [0.29, 0.717) is 0 Å². The molecule has 0 aliphatic carbocycles. The van der Waals surface area contributed by atoms with Crippen LogP contribution in [0, 0.1) is 0 Å². The van der Waals surface area contributed by atoms with Crippen molar-refractivity contribution in [3.05, 3.63) is 41.1 Å². The Kier molecular flexibility index (Phi) is 8.66. The van der Waals surface area contributed by atoms with E-state index in [4.69, 9.17) is 4.74 Å². The van der Waals surface area contributed by atoms with Gasteiger partial charge in [-0.2, -0.15) is 0 Å². The largest absolute Gasteiger partial charge is 0.461 e. The van der Waals surface area contributed by atoms with Gasteiger partial charge in [-0.05, 0) is 18.6 Å². The first-order chi connectivity index (χ1) is 8.86. The summed E-state index contributed by atoms with van der Waals surface area (Å²) in [6, 6.07) is 9.95. The first-order valence-electron chi connectivity index (χ1n) is 6.89. The predicted molar refractivity (Wildman–Crippen MR) is 82.1 cm³/mol. The highest BCUT2D eigenvalue weighted by molar-refractivity contribution is 9.11. The molecule has 2 heteroatoms. The van der Waals surface area contributed by atoms with Crippen molar-refractivity contribution in [2.75, 3.05) is 0 Å². The number of unbranched alkanes of at least 4 members (excludes halogenated alkanes) is 5. The minimum atomic E-state index is 0.911. The van der Waals surface area contributed by atoms with Crippen molar-refractivity contribution in [3.8, 4) is 5.75 Å². The number of para-hydroxylation sites is 1. The molecule has 0 spiro atoms. The molecule has 0 aliphatic heterocycles. The lowest BCUT2D eigenvalue weighted by Gasteiger charge is -2.09. The second-order valence-corrected chi connectivity index (χ2v) is 4.97. The first-order valence-corrected chi connectivity index (χ1v) is 7.80. The molecule has 1 aromatic carbocycles. The normalized spacial score (nSPS) is 11.6. The molecule has 0 atom stereocenters. The van der Waals surface area contributed by atoms with E-state index in [0.717, 1.165) is 17.9 Å². The molecule has 0 radical (unpaired) electrons. The number of halogens is 1. The van der Waals surface area contributed by atoms with Gasteiger partial charge in [0, 0.05) is 11.4 Å². The quantitative estimate of drug-likeness (QED) is 0.398. The van der Waals surface area contributed by atoms with Crippen LogP contribution in [0.25, 0.3) is 0 Å². The summed E-state index contributed by atoms with van der Waals surface area (Å²) in [5.41, 5.74) is 0. The van der Waals surface area contributed by atoms with Gasteiger partial charge in [0.1, 0.15) is 11.5 Å². The topological polar surface area (TPSA) is 9.23 Å². The maximum absolute atomic E-state index is 5.81. The highest BCUT2D eigenvalue weighted by Crippen LogP contribution is 2.18. The van der Waals surface area contributed by atoms with Gasteiger partial charge in [-0.1, -0.05) is 73.2 Å². The van der Waals surface area contributed by atoms with Gasteiger partial charge >= 0.3 is 0 Å². The van der Waals surface area contributed by atoms with Crippen molar-refractivity contribution in [2.24, 2.45) is 0 Å². The van der Waals surface area contributed by atoms with E-state index in [1.54, 1.807) is 0 Å². The van der Waals surface area contributed by atoms with Crippen molar-refractivity contribution < 1.29 is 4.74 Å². The molecule has 100 valence electrons. The summed E-state index contributed by atoms with van der Waals surface area (Å²) < 4.78 is 5.81. The summed E-state index contributed by atoms with van der Waals surface area (Å²) in [4.78, 5) is 1.89. The number of hydrogen-bond donors (Lipinski definition) is 0. The Morgan fingerprint density at radius 1 is 1.06 bits per heavy atom. The highest BCUT2D eigenvalue weighted by atomic mass is 79.9. The summed E-state index contributed by atoms with van der Waals surface area (Å²) in [5, 5.41) is 0. The van der Waals surface area contributed by atoms with E-state index in [1.807, 2.05) is 35.3 Å². The van der Waals surface area contributed by atoms with Gasteiger partial charge in [0.25, 0.3) is 0 Å². The fraction of sp³-hybridized carbons (Fsp3) is 0.500. The van der Waals surface area contributed by atoms with E-state index in [9.17, 15) is 0 Å². The van der Waals surface area contributed by atoms with E-state index in [1.165, 1.54) is 38.5 Å². The van der Waals surface area contributed by atoms with Crippen LogP contribution in [0.3, 0.4) is 0 Å². The zero-order chi connectivity index (χ0) is 13.1. The number of benzene rings is 1. The Hall–Kier alpha value is -0.760. The van der Waals surface area contributed by atoms with Crippen LogP contribution >= 0.6 is 15.9 Å². The molecule has 0 N–H and O–H groups in total. The minimum Gasteiger partial charge on any atom is -0.461 e. The van der Waals surface area contributed by atoms with Crippen LogP contribution in [0.4, 0.5) is 0 Å². The zero-order valence-corrected chi connectivity index (χ0v) is 12.8. The van der Waals surface area contributed by atoms with Crippen molar-refractivity contribution in [3.63, 3.8) is 0 Å². The Morgan fingerprint density at radius 2 is 1.72 bits per heavy atom. The number of hydrogen-bond acceptors (Lipinski definition) is 1. The standard InChI is InChI=1S/C16H23BrO/c1-2-3-4-5-6-8-13-16(14-17)18-15-11-9-7-10-12-15/h7,9-12,14H,2-6,8,13H2,1H3/b16-14-. The molecule has 18 heavy (non-hydrogen) atoms. The van der Waals surface area contributed by atoms with Gasteiger partial charge in [0.15, 0.2) is 0 Å². The van der Waals surface area contributed by atoms with Crippen LogP contribution in [0.5, 0.6) is 5.75 Å². The van der Waals surface area contributed by atoms with Crippen LogP contribution in [0.1, 0.15) is 51.9 Å². The summed E-state index contributed by atoms with van der Waals surface area (Å²) in [6.45, 7) is 2.25. The van der Waals surface area contributed by atoms with Gasteiger partial charge < -0.3 is 4.74 Å². The summed E-state index contributed by atoms with van der Waals surface area (Å²) >= 11 is 3.38. The van der Waals surface area contributed by atoms with Gasteiger partial charge in [-0.15, -0.1) is 0 Å². The molecule has 0 amide bonds. The second-order valence-electron chi connectivity index (χ2n) is 4.51. The second kappa shape index (κ2) is 10.2. The molecular weight excluding hydrogens is 288 g/mol. The van der Waals surface area contributed by atoms with Crippen LogP contribution in [-0.2, 0) is 0 Å². The van der Waals surface area contributed by atoms with Gasteiger partial charge in [-0.3, -0.25) is 0 Å². The lowest BCUT2D eigenvalue weighted by Crippen LogP contribution is -1.94. The SMILES string of the molecule is CCCCCCCC/C(=C/Br)Oc1ccccc1. The maximum atomic E-state index is 5.81. The molecule has 0 unspecified atom stereocenters. The van der Waals surface area contributed by atoms with E-state index in [-0.39, 0.29) is 0 Å². The number of allylic oxidation sites excluding steroid dienone is 1. The average Bonchev–Trinajstić information content (AvgIpc) is 2.42. The maximum Gasteiger partial charge on any atom is 0.126 e. The smallest absolute Gasteiger partial charge is 0.126 e. The molecule has 0 aliphatic rings. The molecule has 0 bridgehead atoms. The van der Waals surface area contributed by atoms with Gasteiger partial charge in [-0.25, -0.2) is 0 Å². The van der Waals surface area contributed by atoms with Gasteiger partial charge in [0.05, 0.1) is 0 Å². The molecule has 1 nitrogen and oxygen atoms in total. The third-order valence-electron chi connectivity index (χ3n) is 2.89. The fourth-order valence-corrected chi connectivity index (χ4v) is 2.17. The van der Waals surface area contributed by atoms with Crippen LogP contribution in [0.2, 0.25) is 0 Å². The Bertz CT molecular complexity index is 332. The minimum absolute atomic E-state index is 0.911. The first kappa shape index (κ1) is 15.3. The molecule has 0 aromatic heterocycles. The Labute approximate surface area is 119 Å².